The third-order valence-electron chi connectivity index (χ3n) is 9.25. The summed E-state index contributed by atoms with van der Waals surface area (Å²) < 4.78 is 22.4. The summed E-state index contributed by atoms with van der Waals surface area (Å²) in [4.78, 5) is 64.5. The van der Waals surface area contributed by atoms with Crippen molar-refractivity contribution in [3.05, 3.63) is 109 Å². The van der Waals surface area contributed by atoms with Crippen LogP contribution in [0.15, 0.2) is 72.1 Å². The van der Waals surface area contributed by atoms with Crippen LogP contribution in [0.4, 0.5) is 11.4 Å². The molecule has 0 aliphatic carbocycles. The predicted octanol–water partition coefficient (Wildman–Crippen LogP) is 7.77. The standard InChI is InChI=1S/C40H48N4O11/c1-7-13-28-18-30(9-3)41(23-28)40(47)33-20-37(52-6)38(22-35(33)44(50)51)54-16-12-10-11-15-53-36-21-34(43(48)49)32(17-26(36)4)39(46)42-24-29(14-8-2)19-31(42)25-55-27(5)45/h7-8,13-14,17,20-24,30-31H,9-12,15-16,18-19,25H2,1-6H3/b13-7+,14-8+. The summed E-state index contributed by atoms with van der Waals surface area (Å²) in [6, 6.07) is 4.62. The number of esters is 1. The first kappa shape index (κ1) is 41.8. The van der Waals surface area contributed by atoms with Crippen LogP contribution in [0.1, 0.15) is 92.5 Å². The van der Waals surface area contributed by atoms with Crippen LogP contribution >= 0.6 is 0 Å². The molecule has 0 aromatic heterocycles. The van der Waals surface area contributed by atoms with Gasteiger partial charge in [0.05, 0.1) is 48.3 Å². The maximum Gasteiger partial charge on any atom is 0.302 e. The molecule has 15 heteroatoms. The van der Waals surface area contributed by atoms with E-state index < -0.39 is 39.4 Å². The zero-order chi connectivity index (χ0) is 40.2. The fraction of sp³-hybridized carbons (Fsp3) is 0.425. The van der Waals surface area contributed by atoms with Crippen LogP contribution in [0, 0.1) is 27.2 Å². The molecule has 0 spiro atoms. The first-order chi connectivity index (χ1) is 26.3. The average Bonchev–Trinajstić information content (AvgIpc) is 3.76. The maximum absolute atomic E-state index is 13.6. The Hall–Kier alpha value is -5.99. The molecule has 2 heterocycles. The number of nitro benzene ring substituents is 2. The second kappa shape index (κ2) is 19.4. The van der Waals surface area contributed by atoms with E-state index in [1.807, 2.05) is 45.1 Å². The molecule has 0 saturated heterocycles. The number of hydrogen-bond acceptors (Lipinski definition) is 11. The first-order valence-corrected chi connectivity index (χ1v) is 18.2. The van der Waals surface area contributed by atoms with Gasteiger partial charge in [-0.3, -0.25) is 34.6 Å². The third-order valence-corrected chi connectivity index (χ3v) is 9.25. The van der Waals surface area contributed by atoms with Crippen LogP contribution in [0.25, 0.3) is 0 Å². The zero-order valence-corrected chi connectivity index (χ0v) is 32.1. The molecule has 0 radical (unpaired) electrons. The lowest BCUT2D eigenvalue weighted by Crippen LogP contribution is -2.37. The average molecular weight is 761 g/mol. The molecule has 2 aliphatic heterocycles. The highest BCUT2D eigenvalue weighted by atomic mass is 16.6. The number of nitrogens with zero attached hydrogens (tertiary/aromatic N) is 4. The molecule has 2 aliphatic rings. The van der Waals surface area contributed by atoms with Gasteiger partial charge in [-0.15, -0.1) is 0 Å². The van der Waals surface area contributed by atoms with Gasteiger partial charge < -0.3 is 28.7 Å². The van der Waals surface area contributed by atoms with E-state index in [9.17, 15) is 34.6 Å². The summed E-state index contributed by atoms with van der Waals surface area (Å²) in [5.41, 5.74) is 1.33. The van der Waals surface area contributed by atoms with Gasteiger partial charge in [0.2, 0.25) is 0 Å². The van der Waals surface area contributed by atoms with E-state index >= 15 is 0 Å². The topological polar surface area (TPSA) is 181 Å². The van der Waals surface area contributed by atoms with Gasteiger partial charge >= 0.3 is 5.97 Å². The lowest BCUT2D eigenvalue weighted by molar-refractivity contribution is -0.385. The monoisotopic (exact) mass is 760 g/mol. The van der Waals surface area contributed by atoms with Crippen molar-refractivity contribution in [3.8, 4) is 17.2 Å². The van der Waals surface area contributed by atoms with Crippen molar-refractivity contribution in [2.75, 3.05) is 26.9 Å². The number of nitro groups is 2. The molecular formula is C40H48N4O11. The van der Waals surface area contributed by atoms with Crippen molar-refractivity contribution in [3.63, 3.8) is 0 Å². The fourth-order valence-electron chi connectivity index (χ4n) is 6.53. The molecule has 2 unspecified atom stereocenters. The number of methoxy groups -OCH3 is 1. The van der Waals surface area contributed by atoms with E-state index in [1.54, 1.807) is 24.2 Å². The lowest BCUT2D eigenvalue weighted by atomic mass is 10.1. The summed E-state index contributed by atoms with van der Waals surface area (Å²) in [5, 5.41) is 24.2. The van der Waals surface area contributed by atoms with Gasteiger partial charge in [-0.1, -0.05) is 31.2 Å². The molecule has 0 N–H and O–H groups in total. The minimum atomic E-state index is -0.627. The van der Waals surface area contributed by atoms with Crippen LogP contribution in [0.2, 0.25) is 0 Å². The number of allylic oxidation sites excluding steroid dienone is 4. The number of amides is 2. The van der Waals surface area contributed by atoms with E-state index in [2.05, 4.69) is 0 Å². The second-order valence-electron chi connectivity index (χ2n) is 13.2. The Bertz CT molecular complexity index is 1920. The fourth-order valence-corrected chi connectivity index (χ4v) is 6.53. The normalized spacial score (nSPS) is 16.7. The third kappa shape index (κ3) is 10.4. The minimum Gasteiger partial charge on any atom is -0.493 e. The number of unbranched alkanes of at least 4 members (excludes halogenated alkanes) is 2. The summed E-state index contributed by atoms with van der Waals surface area (Å²) in [6.07, 6.45) is 14.3. The number of aryl methyl sites for hydroxylation is 1. The molecule has 0 bridgehead atoms. The van der Waals surface area contributed by atoms with Crippen LogP contribution in [-0.4, -0.2) is 76.4 Å². The molecule has 2 atom stereocenters. The molecule has 2 amide bonds. The van der Waals surface area contributed by atoms with Gasteiger partial charge in [0, 0.05) is 31.4 Å². The Labute approximate surface area is 320 Å². The van der Waals surface area contributed by atoms with Gasteiger partial charge in [-0.2, -0.15) is 0 Å². The highest BCUT2D eigenvalue weighted by molar-refractivity contribution is 6.00. The largest absolute Gasteiger partial charge is 0.493 e. The summed E-state index contributed by atoms with van der Waals surface area (Å²) >= 11 is 0. The first-order valence-electron chi connectivity index (χ1n) is 18.2. The Balaban J connectivity index is 1.37. The number of carbonyl (C=O) groups excluding carboxylic acids is 3. The molecule has 0 saturated carbocycles. The van der Waals surface area contributed by atoms with E-state index in [-0.39, 0.29) is 59.9 Å². The Morgan fingerprint density at radius 2 is 1.29 bits per heavy atom. The molecule has 15 nitrogen and oxygen atoms in total. The number of rotatable bonds is 18. The van der Waals surface area contributed by atoms with Crippen molar-refractivity contribution >= 4 is 29.2 Å². The Kier molecular flexibility index (Phi) is 14.7. The Morgan fingerprint density at radius 1 is 0.782 bits per heavy atom. The molecular weight excluding hydrogens is 712 g/mol. The van der Waals surface area contributed by atoms with E-state index in [0.717, 1.165) is 11.1 Å². The number of hydrogen-bond donors (Lipinski definition) is 0. The van der Waals surface area contributed by atoms with Crippen molar-refractivity contribution in [2.45, 2.75) is 85.2 Å². The summed E-state index contributed by atoms with van der Waals surface area (Å²) in [7, 11) is 1.40. The van der Waals surface area contributed by atoms with Crippen LogP contribution < -0.4 is 14.2 Å². The van der Waals surface area contributed by atoms with Gasteiger partial charge in [0.1, 0.15) is 23.5 Å². The van der Waals surface area contributed by atoms with Crippen LogP contribution in [0.5, 0.6) is 17.2 Å². The lowest BCUT2D eigenvalue weighted by Gasteiger charge is -2.23. The molecule has 2 aromatic carbocycles. The molecule has 294 valence electrons. The number of benzene rings is 2. The Morgan fingerprint density at radius 3 is 1.80 bits per heavy atom. The van der Waals surface area contributed by atoms with Gasteiger partial charge in [-0.05, 0) is 82.1 Å². The molecule has 55 heavy (non-hydrogen) atoms. The summed E-state index contributed by atoms with van der Waals surface area (Å²) in [6.45, 7) is 9.02. The van der Waals surface area contributed by atoms with Crippen molar-refractivity contribution in [1.29, 1.82) is 0 Å². The van der Waals surface area contributed by atoms with Gasteiger partial charge in [0.15, 0.2) is 11.5 Å². The summed E-state index contributed by atoms with van der Waals surface area (Å²) in [5.74, 6) is -0.973. The quantitative estimate of drug-likeness (QED) is 0.0627. The highest BCUT2D eigenvalue weighted by Gasteiger charge is 2.35. The maximum atomic E-state index is 13.6. The predicted molar refractivity (Wildman–Crippen MR) is 204 cm³/mol. The molecule has 4 rings (SSSR count). The van der Waals surface area contributed by atoms with E-state index in [1.165, 1.54) is 43.2 Å². The second-order valence-corrected chi connectivity index (χ2v) is 13.2. The minimum absolute atomic E-state index is 0.0487. The van der Waals surface area contributed by atoms with E-state index in [4.69, 9.17) is 18.9 Å². The highest BCUT2D eigenvalue weighted by Crippen LogP contribution is 2.38. The molecule has 2 aromatic rings. The SMILES string of the molecule is C/C=C/C1=CN(C(=O)c2cc(OC)c(OCCCCCOc3cc([N+](=O)[O-])c(C(=O)N4C=C(/C=C/C)CC4COC(C)=O)cc3C)cc2[N+](=O)[O-])C(CC)C1. The van der Waals surface area contributed by atoms with E-state index in [0.29, 0.717) is 44.1 Å². The van der Waals surface area contributed by atoms with Crippen LogP contribution in [-0.2, 0) is 9.53 Å². The number of carbonyl (C=O) groups is 3. The van der Waals surface area contributed by atoms with Crippen LogP contribution in [0.3, 0.4) is 0 Å². The van der Waals surface area contributed by atoms with Gasteiger partial charge in [0.25, 0.3) is 23.2 Å². The van der Waals surface area contributed by atoms with Crippen molar-refractivity contribution in [2.24, 2.45) is 0 Å². The van der Waals surface area contributed by atoms with Crippen molar-refractivity contribution < 1.29 is 43.2 Å². The smallest absolute Gasteiger partial charge is 0.302 e. The number of ether oxygens (including phenoxy) is 4. The van der Waals surface area contributed by atoms with Crippen molar-refractivity contribution in [1.82, 2.24) is 9.80 Å². The molecule has 0 fully saturated rings. The zero-order valence-electron chi connectivity index (χ0n) is 32.1. The van der Waals surface area contributed by atoms with Gasteiger partial charge in [-0.25, -0.2) is 0 Å².